The standard InChI is InChI=1S/C20H36N6/c1-17(2)14-25-12-8-22-19(25)13-23-20(21-3)26-11-7-18(16-26)15-24-9-5-4-6-10-24/h8,12,17-18H,4-7,9-11,13-16H2,1-3H3,(H,21,23). The smallest absolute Gasteiger partial charge is 0.194 e. The minimum atomic E-state index is 0.622. The Morgan fingerprint density at radius 1 is 1.27 bits per heavy atom. The van der Waals surface area contributed by atoms with Crippen LogP contribution in [0.1, 0.15) is 45.4 Å². The molecule has 26 heavy (non-hydrogen) atoms. The third-order valence-electron chi connectivity index (χ3n) is 5.53. The zero-order valence-electron chi connectivity index (χ0n) is 16.8. The number of nitrogens with zero attached hydrogens (tertiary/aromatic N) is 5. The van der Waals surface area contributed by atoms with Crippen LogP contribution in [-0.2, 0) is 13.1 Å². The van der Waals surface area contributed by atoms with Crippen LogP contribution in [0.25, 0.3) is 0 Å². The average molecular weight is 361 g/mol. The van der Waals surface area contributed by atoms with Crippen molar-refractivity contribution in [1.82, 2.24) is 24.7 Å². The second kappa shape index (κ2) is 9.40. The van der Waals surface area contributed by atoms with Gasteiger partial charge in [-0.1, -0.05) is 20.3 Å². The van der Waals surface area contributed by atoms with Gasteiger partial charge in [0, 0.05) is 45.6 Å². The van der Waals surface area contributed by atoms with E-state index in [0.29, 0.717) is 5.92 Å². The number of hydrogen-bond donors (Lipinski definition) is 1. The first-order valence-corrected chi connectivity index (χ1v) is 10.3. The van der Waals surface area contributed by atoms with Crippen molar-refractivity contribution in [2.75, 3.05) is 39.8 Å². The monoisotopic (exact) mass is 360 g/mol. The van der Waals surface area contributed by atoms with E-state index in [0.717, 1.165) is 43.9 Å². The summed E-state index contributed by atoms with van der Waals surface area (Å²) in [5.74, 6) is 3.50. The fourth-order valence-electron chi connectivity index (χ4n) is 4.24. The van der Waals surface area contributed by atoms with Gasteiger partial charge in [-0.05, 0) is 44.2 Å². The Labute approximate surface area is 158 Å². The minimum absolute atomic E-state index is 0.622. The number of guanidine groups is 1. The summed E-state index contributed by atoms with van der Waals surface area (Å²) in [7, 11) is 1.89. The fraction of sp³-hybridized carbons (Fsp3) is 0.800. The zero-order chi connectivity index (χ0) is 18.4. The zero-order valence-corrected chi connectivity index (χ0v) is 16.8. The van der Waals surface area contributed by atoms with Gasteiger partial charge in [-0.3, -0.25) is 4.99 Å². The molecule has 0 saturated carbocycles. The molecule has 6 nitrogen and oxygen atoms in total. The quantitative estimate of drug-likeness (QED) is 0.625. The fourth-order valence-corrected chi connectivity index (χ4v) is 4.24. The highest BCUT2D eigenvalue weighted by Crippen LogP contribution is 2.20. The summed E-state index contributed by atoms with van der Waals surface area (Å²) < 4.78 is 2.24. The maximum atomic E-state index is 4.52. The molecule has 1 unspecified atom stereocenters. The summed E-state index contributed by atoms with van der Waals surface area (Å²) in [6.45, 7) is 12.3. The number of nitrogens with one attached hydrogen (secondary N) is 1. The summed E-state index contributed by atoms with van der Waals surface area (Å²) in [5, 5.41) is 3.53. The molecular formula is C20H36N6. The summed E-state index contributed by atoms with van der Waals surface area (Å²) in [6, 6.07) is 0. The van der Waals surface area contributed by atoms with Gasteiger partial charge >= 0.3 is 0 Å². The van der Waals surface area contributed by atoms with Crippen molar-refractivity contribution >= 4 is 5.96 Å². The predicted molar refractivity (Wildman–Crippen MR) is 107 cm³/mol. The van der Waals surface area contributed by atoms with E-state index in [1.807, 2.05) is 13.2 Å². The molecule has 6 heteroatoms. The van der Waals surface area contributed by atoms with Crippen LogP contribution in [0.2, 0.25) is 0 Å². The van der Waals surface area contributed by atoms with Crippen LogP contribution in [0, 0.1) is 11.8 Å². The van der Waals surface area contributed by atoms with E-state index in [2.05, 4.69) is 49.7 Å². The molecule has 1 aromatic rings. The normalized spacial score (nSPS) is 22.4. The third kappa shape index (κ3) is 5.22. The van der Waals surface area contributed by atoms with Gasteiger partial charge in [0.1, 0.15) is 5.82 Å². The van der Waals surface area contributed by atoms with Crippen LogP contribution in [0.15, 0.2) is 17.4 Å². The molecule has 1 N–H and O–H groups in total. The molecule has 0 amide bonds. The molecule has 2 aliphatic rings. The Morgan fingerprint density at radius 2 is 2.08 bits per heavy atom. The Kier molecular flexibility index (Phi) is 6.94. The van der Waals surface area contributed by atoms with Crippen molar-refractivity contribution in [3.63, 3.8) is 0 Å². The van der Waals surface area contributed by atoms with E-state index >= 15 is 0 Å². The first-order chi connectivity index (χ1) is 12.7. The van der Waals surface area contributed by atoms with Gasteiger partial charge in [-0.15, -0.1) is 0 Å². The Balaban J connectivity index is 1.48. The topological polar surface area (TPSA) is 48.7 Å². The molecule has 0 bridgehead atoms. The molecule has 0 spiro atoms. The molecule has 1 aromatic heterocycles. The van der Waals surface area contributed by atoms with Crippen molar-refractivity contribution < 1.29 is 0 Å². The highest BCUT2D eigenvalue weighted by molar-refractivity contribution is 5.80. The maximum Gasteiger partial charge on any atom is 0.194 e. The van der Waals surface area contributed by atoms with E-state index in [-0.39, 0.29) is 0 Å². The first-order valence-electron chi connectivity index (χ1n) is 10.3. The van der Waals surface area contributed by atoms with Gasteiger partial charge in [-0.25, -0.2) is 4.98 Å². The van der Waals surface area contributed by atoms with E-state index in [1.54, 1.807) is 0 Å². The van der Waals surface area contributed by atoms with Crippen molar-refractivity contribution in [3.8, 4) is 0 Å². The molecule has 1 atom stereocenters. The van der Waals surface area contributed by atoms with Gasteiger partial charge in [0.2, 0.25) is 0 Å². The molecule has 2 fully saturated rings. The predicted octanol–water partition coefficient (Wildman–Crippen LogP) is 2.42. The number of aliphatic imine (C=N–C) groups is 1. The van der Waals surface area contributed by atoms with Crippen LogP contribution in [0.5, 0.6) is 0 Å². The lowest BCUT2D eigenvalue weighted by molar-refractivity contribution is 0.198. The molecule has 2 aliphatic heterocycles. The van der Waals surface area contributed by atoms with Crippen LogP contribution in [0.3, 0.4) is 0 Å². The Hall–Kier alpha value is -1.56. The molecule has 0 aromatic carbocycles. The summed E-state index contributed by atoms with van der Waals surface area (Å²) >= 11 is 0. The van der Waals surface area contributed by atoms with Gasteiger partial charge in [0.15, 0.2) is 5.96 Å². The average Bonchev–Trinajstić information content (AvgIpc) is 3.26. The molecule has 3 rings (SSSR count). The van der Waals surface area contributed by atoms with Crippen LogP contribution >= 0.6 is 0 Å². The van der Waals surface area contributed by atoms with Gasteiger partial charge in [0.25, 0.3) is 0 Å². The van der Waals surface area contributed by atoms with Crippen LogP contribution < -0.4 is 5.32 Å². The molecule has 0 radical (unpaired) electrons. The number of aromatic nitrogens is 2. The van der Waals surface area contributed by atoms with Gasteiger partial charge in [0.05, 0.1) is 6.54 Å². The number of imidazole rings is 1. The van der Waals surface area contributed by atoms with Gasteiger partial charge < -0.3 is 19.7 Å². The van der Waals surface area contributed by atoms with Gasteiger partial charge in [-0.2, -0.15) is 0 Å². The maximum absolute atomic E-state index is 4.52. The van der Waals surface area contributed by atoms with E-state index in [1.165, 1.54) is 45.3 Å². The second-order valence-corrected chi connectivity index (χ2v) is 8.25. The largest absolute Gasteiger partial charge is 0.349 e. The van der Waals surface area contributed by atoms with Crippen molar-refractivity contribution in [2.24, 2.45) is 16.8 Å². The van der Waals surface area contributed by atoms with E-state index in [4.69, 9.17) is 0 Å². The lowest BCUT2D eigenvalue weighted by Gasteiger charge is -2.29. The lowest BCUT2D eigenvalue weighted by atomic mass is 10.1. The van der Waals surface area contributed by atoms with Crippen LogP contribution in [0.4, 0.5) is 0 Å². The van der Waals surface area contributed by atoms with E-state index < -0.39 is 0 Å². The summed E-state index contributed by atoms with van der Waals surface area (Å²) in [5.41, 5.74) is 0. The number of rotatable bonds is 6. The van der Waals surface area contributed by atoms with Crippen molar-refractivity contribution in [1.29, 1.82) is 0 Å². The summed E-state index contributed by atoms with van der Waals surface area (Å²) in [6.07, 6.45) is 9.41. The van der Waals surface area contributed by atoms with Crippen molar-refractivity contribution in [2.45, 2.75) is 52.6 Å². The second-order valence-electron chi connectivity index (χ2n) is 8.25. The SMILES string of the molecule is CN=C(NCc1nccn1CC(C)C)N1CCC(CN2CCCCC2)C1. The molecule has 0 aliphatic carbocycles. The number of hydrogen-bond acceptors (Lipinski definition) is 3. The number of likely N-dealkylation sites (tertiary alicyclic amines) is 2. The summed E-state index contributed by atoms with van der Waals surface area (Å²) in [4.78, 5) is 14.1. The highest BCUT2D eigenvalue weighted by Gasteiger charge is 2.27. The van der Waals surface area contributed by atoms with E-state index in [9.17, 15) is 0 Å². The molecule has 3 heterocycles. The highest BCUT2D eigenvalue weighted by atomic mass is 15.3. The molecule has 2 saturated heterocycles. The Bertz CT molecular complexity index is 573. The van der Waals surface area contributed by atoms with Crippen LogP contribution in [-0.4, -0.2) is 65.1 Å². The third-order valence-corrected chi connectivity index (χ3v) is 5.53. The number of piperidine rings is 1. The lowest BCUT2D eigenvalue weighted by Crippen LogP contribution is -2.41. The molecule has 146 valence electrons. The first kappa shape index (κ1) is 19.2. The van der Waals surface area contributed by atoms with Crippen molar-refractivity contribution in [3.05, 3.63) is 18.2 Å². The molecular weight excluding hydrogens is 324 g/mol. The Morgan fingerprint density at radius 3 is 2.81 bits per heavy atom. The minimum Gasteiger partial charge on any atom is -0.349 e.